The van der Waals surface area contributed by atoms with Gasteiger partial charge in [0.15, 0.2) is 0 Å². The highest BCUT2D eigenvalue weighted by Crippen LogP contribution is 2.15. The zero-order valence-corrected chi connectivity index (χ0v) is 11.1. The van der Waals surface area contributed by atoms with Gasteiger partial charge in [-0.05, 0) is 19.3 Å². The number of aromatic nitrogens is 2. The number of hydrogen-bond acceptors (Lipinski definition) is 3. The zero-order chi connectivity index (χ0) is 12.3. The molecule has 17 heavy (non-hydrogen) atoms. The van der Waals surface area contributed by atoms with Crippen molar-refractivity contribution >= 4 is 5.95 Å². The molecule has 0 aliphatic carbocycles. The molecule has 1 aliphatic rings. The van der Waals surface area contributed by atoms with E-state index in [2.05, 4.69) is 34.9 Å². The third-order valence-electron chi connectivity index (χ3n) is 3.03. The maximum Gasteiger partial charge on any atom is 0.203 e. The second-order valence-corrected chi connectivity index (χ2v) is 5.36. The molecule has 4 heteroatoms. The van der Waals surface area contributed by atoms with Crippen LogP contribution in [-0.2, 0) is 11.3 Å². The maximum atomic E-state index is 5.38. The Bertz CT molecular complexity index is 354. The summed E-state index contributed by atoms with van der Waals surface area (Å²) in [6.07, 6.45) is 3.28. The Morgan fingerprint density at radius 1 is 1.59 bits per heavy atom. The van der Waals surface area contributed by atoms with Gasteiger partial charge in [0.1, 0.15) is 0 Å². The summed E-state index contributed by atoms with van der Waals surface area (Å²) in [5, 5.41) is 3.45. The minimum atomic E-state index is 0.638. The third kappa shape index (κ3) is 3.46. The lowest BCUT2D eigenvalue weighted by molar-refractivity contribution is 0.187. The Kier molecular flexibility index (Phi) is 4.05. The van der Waals surface area contributed by atoms with E-state index in [4.69, 9.17) is 4.74 Å². The van der Waals surface area contributed by atoms with Crippen LogP contribution < -0.4 is 5.32 Å². The van der Waals surface area contributed by atoms with E-state index in [9.17, 15) is 0 Å². The first-order valence-electron chi connectivity index (χ1n) is 6.50. The molecule has 1 unspecified atom stereocenters. The highest BCUT2D eigenvalue weighted by Gasteiger charge is 2.16. The summed E-state index contributed by atoms with van der Waals surface area (Å²) in [4.78, 5) is 4.54. The molecule has 1 fully saturated rings. The zero-order valence-electron chi connectivity index (χ0n) is 11.1. The minimum Gasteiger partial charge on any atom is -0.381 e. The minimum absolute atomic E-state index is 0.638. The molecule has 1 saturated heterocycles. The van der Waals surface area contributed by atoms with Crippen LogP contribution in [0.2, 0.25) is 0 Å². The number of imidazole rings is 1. The lowest BCUT2D eigenvalue weighted by Crippen LogP contribution is -2.17. The van der Waals surface area contributed by atoms with E-state index in [0.29, 0.717) is 11.8 Å². The number of hydrogen-bond donors (Lipinski definition) is 1. The van der Waals surface area contributed by atoms with Gasteiger partial charge in [0.25, 0.3) is 0 Å². The van der Waals surface area contributed by atoms with Crippen LogP contribution >= 0.6 is 0 Å². The largest absolute Gasteiger partial charge is 0.381 e. The Balaban J connectivity index is 1.93. The van der Waals surface area contributed by atoms with Gasteiger partial charge in [-0.1, -0.05) is 13.8 Å². The van der Waals surface area contributed by atoms with E-state index in [1.165, 1.54) is 0 Å². The Morgan fingerprint density at radius 2 is 2.41 bits per heavy atom. The van der Waals surface area contributed by atoms with Crippen molar-refractivity contribution in [2.24, 2.45) is 11.8 Å². The summed E-state index contributed by atoms with van der Waals surface area (Å²) in [5.41, 5.74) is 1.08. The fraction of sp³-hybridized carbons (Fsp3) is 0.769. The molecule has 0 amide bonds. The number of aryl methyl sites for hydroxylation is 1. The van der Waals surface area contributed by atoms with E-state index in [-0.39, 0.29) is 0 Å². The molecular weight excluding hydrogens is 214 g/mol. The second-order valence-electron chi connectivity index (χ2n) is 5.36. The van der Waals surface area contributed by atoms with Crippen LogP contribution in [0.5, 0.6) is 0 Å². The van der Waals surface area contributed by atoms with Crippen molar-refractivity contribution in [1.82, 2.24) is 9.55 Å². The first-order chi connectivity index (χ1) is 8.15. The van der Waals surface area contributed by atoms with Crippen LogP contribution in [0, 0.1) is 18.8 Å². The van der Waals surface area contributed by atoms with Crippen molar-refractivity contribution < 1.29 is 4.74 Å². The summed E-state index contributed by atoms with van der Waals surface area (Å²) in [6.45, 7) is 10.3. The Morgan fingerprint density at radius 3 is 3.06 bits per heavy atom. The normalized spacial score (nSPS) is 20.1. The van der Waals surface area contributed by atoms with Crippen molar-refractivity contribution in [3.63, 3.8) is 0 Å². The third-order valence-corrected chi connectivity index (χ3v) is 3.03. The fourth-order valence-corrected chi connectivity index (χ4v) is 2.20. The van der Waals surface area contributed by atoms with Gasteiger partial charge in [-0.3, -0.25) is 0 Å². The summed E-state index contributed by atoms with van der Waals surface area (Å²) in [5.74, 6) is 2.28. The Hall–Kier alpha value is -1.03. The van der Waals surface area contributed by atoms with E-state index >= 15 is 0 Å². The molecular formula is C13H23N3O. The molecule has 0 bridgehead atoms. The van der Waals surface area contributed by atoms with Gasteiger partial charge in [-0.15, -0.1) is 0 Å². The molecule has 0 spiro atoms. The van der Waals surface area contributed by atoms with E-state index in [0.717, 1.165) is 44.4 Å². The van der Waals surface area contributed by atoms with Gasteiger partial charge in [-0.25, -0.2) is 4.98 Å². The number of anilines is 1. The average molecular weight is 237 g/mol. The summed E-state index contributed by atoms with van der Waals surface area (Å²) < 4.78 is 7.60. The monoisotopic (exact) mass is 237 g/mol. The highest BCUT2D eigenvalue weighted by molar-refractivity contribution is 5.28. The van der Waals surface area contributed by atoms with Crippen LogP contribution in [0.3, 0.4) is 0 Å². The number of nitrogens with one attached hydrogen (secondary N) is 1. The highest BCUT2D eigenvalue weighted by atomic mass is 16.5. The summed E-state index contributed by atoms with van der Waals surface area (Å²) in [7, 11) is 0. The van der Waals surface area contributed by atoms with Crippen LogP contribution in [-0.4, -0.2) is 29.3 Å². The van der Waals surface area contributed by atoms with Gasteiger partial charge >= 0.3 is 0 Å². The van der Waals surface area contributed by atoms with Gasteiger partial charge < -0.3 is 14.6 Å². The van der Waals surface area contributed by atoms with Crippen molar-refractivity contribution in [2.45, 2.75) is 33.7 Å². The second kappa shape index (κ2) is 5.54. The molecule has 0 radical (unpaired) electrons. The van der Waals surface area contributed by atoms with Crippen molar-refractivity contribution in [3.05, 3.63) is 11.9 Å². The first-order valence-corrected chi connectivity index (χ1v) is 6.50. The first kappa shape index (κ1) is 12.4. The molecule has 0 saturated carbocycles. The molecule has 1 aromatic rings. The predicted molar refractivity (Wildman–Crippen MR) is 69.2 cm³/mol. The molecule has 96 valence electrons. The van der Waals surface area contributed by atoms with Crippen molar-refractivity contribution in [1.29, 1.82) is 0 Å². The van der Waals surface area contributed by atoms with Crippen LogP contribution in [0.1, 0.15) is 26.0 Å². The van der Waals surface area contributed by atoms with E-state index in [1.807, 2.05) is 6.92 Å². The quantitative estimate of drug-likeness (QED) is 0.854. The number of nitrogens with zero attached hydrogens (tertiary/aromatic N) is 2. The molecule has 1 aliphatic heterocycles. The summed E-state index contributed by atoms with van der Waals surface area (Å²) >= 11 is 0. The molecule has 1 atom stereocenters. The van der Waals surface area contributed by atoms with Gasteiger partial charge in [-0.2, -0.15) is 0 Å². The molecule has 2 heterocycles. The number of rotatable bonds is 5. The van der Waals surface area contributed by atoms with Gasteiger partial charge in [0.05, 0.1) is 12.3 Å². The lowest BCUT2D eigenvalue weighted by atomic mass is 10.1. The Labute approximate surface area is 103 Å². The van der Waals surface area contributed by atoms with Gasteiger partial charge in [0.2, 0.25) is 5.95 Å². The van der Waals surface area contributed by atoms with Crippen molar-refractivity contribution in [2.75, 3.05) is 25.1 Å². The van der Waals surface area contributed by atoms with E-state index < -0.39 is 0 Å². The lowest BCUT2D eigenvalue weighted by Gasteiger charge is -2.13. The molecule has 0 aromatic carbocycles. The van der Waals surface area contributed by atoms with Gasteiger partial charge in [0, 0.05) is 31.8 Å². The van der Waals surface area contributed by atoms with E-state index in [1.54, 1.807) is 0 Å². The molecule has 2 rings (SSSR count). The molecule has 1 N–H and O–H groups in total. The average Bonchev–Trinajstić information content (AvgIpc) is 2.84. The SMILES string of the molecule is Cc1cn(CC(C)C)c(NCC2CCOC2)n1. The van der Waals surface area contributed by atoms with Crippen molar-refractivity contribution in [3.8, 4) is 0 Å². The smallest absolute Gasteiger partial charge is 0.203 e. The predicted octanol–water partition coefficient (Wildman–Crippen LogP) is 2.30. The standard InChI is InChI=1S/C13H23N3O/c1-10(2)7-16-8-11(3)15-13(16)14-6-12-4-5-17-9-12/h8,10,12H,4-7,9H2,1-3H3,(H,14,15). The van der Waals surface area contributed by atoms with Crippen LogP contribution in [0.25, 0.3) is 0 Å². The molecule has 1 aromatic heterocycles. The number of ether oxygens (including phenoxy) is 1. The summed E-state index contributed by atoms with van der Waals surface area (Å²) in [6, 6.07) is 0. The van der Waals surface area contributed by atoms with Crippen LogP contribution in [0.4, 0.5) is 5.95 Å². The van der Waals surface area contributed by atoms with Crippen LogP contribution in [0.15, 0.2) is 6.20 Å². The fourth-order valence-electron chi connectivity index (χ4n) is 2.20. The molecule has 4 nitrogen and oxygen atoms in total. The topological polar surface area (TPSA) is 39.1 Å². The maximum absolute atomic E-state index is 5.38.